The summed E-state index contributed by atoms with van der Waals surface area (Å²) in [5.41, 5.74) is 6.10. The molecule has 1 aliphatic heterocycles. The lowest BCUT2D eigenvalue weighted by Gasteiger charge is -2.16. The fraction of sp³-hybridized carbons (Fsp3) is 0.192. The van der Waals surface area contributed by atoms with E-state index in [-0.39, 0.29) is 5.91 Å². The first-order chi connectivity index (χ1) is 14.7. The number of para-hydroxylation sites is 2. The zero-order chi connectivity index (χ0) is 20.5. The van der Waals surface area contributed by atoms with Crippen LogP contribution in [0.5, 0.6) is 0 Å². The number of hydrogen-bond acceptors (Lipinski definition) is 2. The summed E-state index contributed by atoms with van der Waals surface area (Å²) in [6.45, 7) is 3.72. The summed E-state index contributed by atoms with van der Waals surface area (Å²) < 4.78 is 2.29. The zero-order valence-corrected chi connectivity index (χ0v) is 17.9. The van der Waals surface area contributed by atoms with Gasteiger partial charge in [-0.2, -0.15) is 0 Å². The number of hydrogen-bond donors (Lipinski definition) is 0. The van der Waals surface area contributed by atoms with Crippen molar-refractivity contribution >= 4 is 34.3 Å². The fourth-order valence-corrected chi connectivity index (χ4v) is 5.13. The van der Waals surface area contributed by atoms with E-state index in [0.29, 0.717) is 5.75 Å². The number of carbonyl (C=O) groups excluding carboxylic acids is 1. The van der Waals surface area contributed by atoms with Gasteiger partial charge in [-0.05, 0) is 36.6 Å². The van der Waals surface area contributed by atoms with Gasteiger partial charge < -0.3 is 9.47 Å². The van der Waals surface area contributed by atoms with E-state index in [1.807, 2.05) is 17.0 Å². The number of benzene rings is 3. The van der Waals surface area contributed by atoms with Gasteiger partial charge in [0.2, 0.25) is 5.91 Å². The fourth-order valence-electron chi connectivity index (χ4n) is 4.16. The summed E-state index contributed by atoms with van der Waals surface area (Å²) in [5.74, 6) is 0.632. The maximum atomic E-state index is 12.9. The van der Waals surface area contributed by atoms with Crippen LogP contribution in [0.1, 0.15) is 16.7 Å². The van der Waals surface area contributed by atoms with Gasteiger partial charge in [-0.1, -0.05) is 66.2 Å². The number of amides is 1. The summed E-state index contributed by atoms with van der Waals surface area (Å²) in [4.78, 5) is 16.0. The Morgan fingerprint density at radius 2 is 1.73 bits per heavy atom. The van der Waals surface area contributed by atoms with Crippen LogP contribution >= 0.6 is 11.8 Å². The van der Waals surface area contributed by atoms with Crippen molar-refractivity contribution < 1.29 is 4.79 Å². The van der Waals surface area contributed by atoms with Crippen LogP contribution in [0.15, 0.2) is 83.9 Å². The Labute approximate surface area is 181 Å². The molecule has 0 saturated heterocycles. The molecule has 0 spiro atoms. The first-order valence-electron chi connectivity index (χ1n) is 10.3. The van der Waals surface area contributed by atoms with Crippen LogP contribution in [0.25, 0.3) is 10.9 Å². The predicted molar refractivity (Wildman–Crippen MR) is 125 cm³/mol. The van der Waals surface area contributed by atoms with Gasteiger partial charge in [0.1, 0.15) is 0 Å². The van der Waals surface area contributed by atoms with Crippen molar-refractivity contribution in [2.45, 2.75) is 24.8 Å². The van der Waals surface area contributed by atoms with Crippen LogP contribution < -0.4 is 4.90 Å². The third kappa shape index (κ3) is 3.63. The second kappa shape index (κ2) is 8.04. The number of carbonyl (C=O) groups is 1. The van der Waals surface area contributed by atoms with Crippen molar-refractivity contribution in [2.75, 3.05) is 17.2 Å². The normalized spacial score (nSPS) is 13.0. The lowest BCUT2D eigenvalue weighted by Crippen LogP contribution is -2.30. The Bertz CT molecular complexity index is 1210. The van der Waals surface area contributed by atoms with E-state index in [4.69, 9.17) is 0 Å². The highest BCUT2D eigenvalue weighted by Crippen LogP contribution is 2.33. The van der Waals surface area contributed by atoms with Crippen LogP contribution in [0.3, 0.4) is 0 Å². The first-order valence-corrected chi connectivity index (χ1v) is 11.3. The summed E-state index contributed by atoms with van der Waals surface area (Å²) in [7, 11) is 0. The molecule has 0 saturated carbocycles. The van der Waals surface area contributed by atoms with Gasteiger partial charge in [-0.15, -0.1) is 11.8 Å². The molecule has 30 heavy (non-hydrogen) atoms. The number of anilines is 1. The summed E-state index contributed by atoms with van der Waals surface area (Å²) in [6.07, 6.45) is 3.14. The van der Waals surface area contributed by atoms with Gasteiger partial charge in [0.25, 0.3) is 0 Å². The van der Waals surface area contributed by atoms with Crippen molar-refractivity contribution in [2.24, 2.45) is 0 Å². The SMILES string of the molecule is Cc1ccc(Cn2cc(SCC(=O)N3CCc4ccccc43)c3ccccc32)cc1. The predicted octanol–water partition coefficient (Wildman–Crippen LogP) is 5.68. The minimum Gasteiger partial charge on any atom is -0.342 e. The molecule has 0 bridgehead atoms. The van der Waals surface area contributed by atoms with Crippen LogP contribution in [0, 0.1) is 6.92 Å². The molecule has 1 aromatic heterocycles. The Hall–Kier alpha value is -2.98. The van der Waals surface area contributed by atoms with E-state index in [1.54, 1.807) is 11.8 Å². The Kier molecular flexibility index (Phi) is 5.09. The van der Waals surface area contributed by atoms with E-state index in [0.717, 1.165) is 25.2 Å². The van der Waals surface area contributed by atoms with Crippen molar-refractivity contribution in [1.29, 1.82) is 0 Å². The maximum Gasteiger partial charge on any atom is 0.237 e. The quantitative estimate of drug-likeness (QED) is 0.394. The molecule has 5 rings (SSSR count). The second-order valence-electron chi connectivity index (χ2n) is 7.84. The maximum absolute atomic E-state index is 12.9. The molecule has 0 N–H and O–H groups in total. The molecule has 4 aromatic rings. The molecule has 1 aliphatic rings. The van der Waals surface area contributed by atoms with Crippen molar-refractivity contribution in [3.8, 4) is 0 Å². The molecule has 4 heteroatoms. The van der Waals surface area contributed by atoms with Gasteiger partial charge in [0.05, 0.1) is 5.75 Å². The number of nitrogens with zero attached hydrogens (tertiary/aromatic N) is 2. The molecule has 0 atom stereocenters. The molecule has 0 unspecified atom stereocenters. The topological polar surface area (TPSA) is 25.2 Å². The Morgan fingerprint density at radius 3 is 2.60 bits per heavy atom. The van der Waals surface area contributed by atoms with Crippen molar-refractivity contribution in [3.05, 3.63) is 95.7 Å². The molecule has 0 radical (unpaired) electrons. The number of aromatic nitrogens is 1. The second-order valence-corrected chi connectivity index (χ2v) is 8.85. The van der Waals surface area contributed by atoms with Crippen LogP contribution in [0.4, 0.5) is 5.69 Å². The molecule has 1 amide bonds. The molecule has 0 aliphatic carbocycles. The minimum atomic E-state index is 0.181. The molecule has 2 heterocycles. The van der Waals surface area contributed by atoms with Gasteiger partial charge in [-0.25, -0.2) is 0 Å². The number of fused-ring (bicyclic) bond motifs is 2. The average molecular weight is 413 g/mol. The molecular formula is C26H24N2OS. The lowest BCUT2D eigenvalue weighted by molar-refractivity contribution is -0.116. The number of rotatable bonds is 5. The average Bonchev–Trinajstić information content (AvgIpc) is 3.36. The smallest absolute Gasteiger partial charge is 0.237 e. The Balaban J connectivity index is 1.36. The lowest BCUT2D eigenvalue weighted by atomic mass is 10.1. The minimum absolute atomic E-state index is 0.181. The molecular weight excluding hydrogens is 388 g/mol. The van der Waals surface area contributed by atoms with Crippen LogP contribution in [-0.2, 0) is 17.8 Å². The highest BCUT2D eigenvalue weighted by molar-refractivity contribution is 8.00. The molecule has 150 valence electrons. The van der Waals surface area contributed by atoms with Crippen LogP contribution in [0.2, 0.25) is 0 Å². The standard InChI is InChI=1S/C26H24N2OS/c1-19-10-12-20(13-11-19)16-27-17-25(22-7-3-5-9-24(22)27)30-18-26(29)28-15-14-21-6-2-4-8-23(21)28/h2-13,17H,14-16,18H2,1H3. The van der Waals surface area contributed by atoms with E-state index in [2.05, 4.69) is 78.4 Å². The van der Waals surface area contributed by atoms with E-state index in [9.17, 15) is 4.79 Å². The van der Waals surface area contributed by atoms with E-state index >= 15 is 0 Å². The molecule has 3 aromatic carbocycles. The highest BCUT2D eigenvalue weighted by atomic mass is 32.2. The Morgan fingerprint density at radius 1 is 0.967 bits per heavy atom. The largest absolute Gasteiger partial charge is 0.342 e. The summed E-state index contributed by atoms with van der Waals surface area (Å²) >= 11 is 1.64. The molecule has 0 fully saturated rings. The molecule has 3 nitrogen and oxygen atoms in total. The highest BCUT2D eigenvalue weighted by Gasteiger charge is 2.24. The van der Waals surface area contributed by atoms with Gasteiger partial charge >= 0.3 is 0 Å². The van der Waals surface area contributed by atoms with Crippen LogP contribution in [-0.4, -0.2) is 22.8 Å². The monoisotopic (exact) mass is 412 g/mol. The summed E-state index contributed by atoms with van der Waals surface area (Å²) in [5, 5.41) is 1.21. The first kappa shape index (κ1) is 19.0. The zero-order valence-electron chi connectivity index (χ0n) is 17.0. The van der Waals surface area contributed by atoms with E-state index in [1.165, 1.54) is 32.5 Å². The third-order valence-electron chi connectivity index (χ3n) is 5.76. The number of thioether (sulfide) groups is 1. The third-order valence-corrected chi connectivity index (χ3v) is 6.79. The van der Waals surface area contributed by atoms with E-state index < -0.39 is 0 Å². The van der Waals surface area contributed by atoms with Crippen molar-refractivity contribution in [3.63, 3.8) is 0 Å². The van der Waals surface area contributed by atoms with Gasteiger partial charge in [0.15, 0.2) is 0 Å². The van der Waals surface area contributed by atoms with Gasteiger partial charge in [-0.3, -0.25) is 4.79 Å². The number of aryl methyl sites for hydroxylation is 1. The van der Waals surface area contributed by atoms with Gasteiger partial charge in [0, 0.05) is 40.8 Å². The van der Waals surface area contributed by atoms with Crippen molar-refractivity contribution in [1.82, 2.24) is 4.57 Å². The summed E-state index contributed by atoms with van der Waals surface area (Å²) in [6, 6.07) is 25.4.